The Morgan fingerprint density at radius 2 is 1.81 bits per heavy atom. The molecule has 1 aromatic heterocycles. The zero-order valence-corrected chi connectivity index (χ0v) is 13.8. The second kappa shape index (κ2) is 7.01. The van der Waals surface area contributed by atoms with E-state index in [1.165, 1.54) is 63.5 Å². The average Bonchev–Trinajstić information content (AvgIpc) is 3.03. The van der Waals surface area contributed by atoms with Gasteiger partial charge in [0, 0.05) is 12.8 Å². The minimum Gasteiger partial charge on any atom is -0.373 e. The summed E-state index contributed by atoms with van der Waals surface area (Å²) in [6.45, 7) is 0. The van der Waals surface area contributed by atoms with Crippen LogP contribution in [0.2, 0.25) is 0 Å². The van der Waals surface area contributed by atoms with Crippen LogP contribution < -0.4 is 0 Å². The molecule has 1 N–H and O–H groups in total. The number of aromatic amines is 1. The van der Waals surface area contributed by atoms with Crippen molar-refractivity contribution in [1.29, 1.82) is 0 Å². The van der Waals surface area contributed by atoms with Gasteiger partial charge in [0.1, 0.15) is 16.6 Å². The number of hydrogen-bond donors (Lipinski definition) is 1. The van der Waals surface area contributed by atoms with Gasteiger partial charge in [-0.2, -0.15) is 0 Å². The summed E-state index contributed by atoms with van der Waals surface area (Å²) in [4.78, 5) is 8.16. The number of nitrogens with zero attached hydrogens (tertiary/aromatic N) is 1. The summed E-state index contributed by atoms with van der Waals surface area (Å²) in [5.41, 5.74) is 1.28. The lowest BCUT2D eigenvalue weighted by Gasteiger charge is -2.29. The molecular formula is C17H26N2OS. The van der Waals surface area contributed by atoms with Crippen molar-refractivity contribution in [1.82, 2.24) is 9.97 Å². The predicted molar refractivity (Wildman–Crippen MR) is 87.0 cm³/mol. The van der Waals surface area contributed by atoms with E-state index in [1.54, 1.807) is 7.11 Å². The van der Waals surface area contributed by atoms with Crippen LogP contribution in [0.5, 0.6) is 0 Å². The third kappa shape index (κ3) is 3.54. The first-order chi connectivity index (χ1) is 10.3. The maximum atomic E-state index is 5.81. The third-order valence-electron chi connectivity index (χ3n) is 5.18. The maximum Gasteiger partial charge on any atom is 0.137 e. The molecule has 2 saturated carbocycles. The fourth-order valence-electron chi connectivity index (χ4n) is 4.05. The minimum absolute atomic E-state index is 0.0772. The summed E-state index contributed by atoms with van der Waals surface area (Å²) < 4.78 is 6.52. The van der Waals surface area contributed by atoms with Gasteiger partial charge in [0.05, 0.1) is 0 Å². The van der Waals surface area contributed by atoms with E-state index in [2.05, 4.69) is 16.0 Å². The fourth-order valence-corrected chi connectivity index (χ4v) is 4.28. The standard InChI is InChI=1S/C17H26N2OS/c1-20-16(13-9-3-2-4-10-13)17-18-14(11-15(21)19-17)12-7-5-6-8-12/h11-13,16H,2-10H2,1H3,(H,18,19,21). The number of nitrogens with one attached hydrogen (secondary N) is 1. The number of ether oxygens (including phenoxy) is 1. The number of methoxy groups -OCH3 is 1. The lowest BCUT2D eigenvalue weighted by atomic mass is 9.85. The highest BCUT2D eigenvalue weighted by Gasteiger charge is 2.28. The topological polar surface area (TPSA) is 37.9 Å². The molecule has 2 fully saturated rings. The quantitative estimate of drug-likeness (QED) is 0.790. The molecule has 2 aliphatic rings. The van der Waals surface area contributed by atoms with Gasteiger partial charge in [-0.1, -0.05) is 44.3 Å². The molecule has 3 nitrogen and oxygen atoms in total. The molecule has 2 aliphatic carbocycles. The summed E-state index contributed by atoms with van der Waals surface area (Å²) in [5, 5.41) is 0. The molecular weight excluding hydrogens is 280 g/mol. The van der Waals surface area contributed by atoms with E-state index in [1.807, 2.05) is 0 Å². The van der Waals surface area contributed by atoms with Crippen LogP contribution in [0.3, 0.4) is 0 Å². The lowest BCUT2D eigenvalue weighted by molar-refractivity contribution is 0.0286. The van der Waals surface area contributed by atoms with E-state index in [0.717, 1.165) is 5.82 Å². The van der Waals surface area contributed by atoms with Crippen molar-refractivity contribution in [3.05, 3.63) is 22.2 Å². The molecule has 4 heteroatoms. The summed E-state index contributed by atoms with van der Waals surface area (Å²) >= 11 is 5.40. The van der Waals surface area contributed by atoms with Crippen molar-refractivity contribution in [2.45, 2.75) is 69.8 Å². The molecule has 0 aromatic carbocycles. The summed E-state index contributed by atoms with van der Waals surface area (Å²) in [5.74, 6) is 2.18. The highest BCUT2D eigenvalue weighted by atomic mass is 32.1. The fraction of sp³-hybridized carbons (Fsp3) is 0.765. The first kappa shape index (κ1) is 15.2. The van der Waals surface area contributed by atoms with Crippen LogP contribution in [0.25, 0.3) is 0 Å². The van der Waals surface area contributed by atoms with Gasteiger partial charge < -0.3 is 9.72 Å². The molecule has 1 heterocycles. The maximum absolute atomic E-state index is 5.81. The normalized spacial score (nSPS) is 22.5. The molecule has 0 amide bonds. The zero-order valence-electron chi connectivity index (χ0n) is 12.9. The van der Waals surface area contributed by atoms with Crippen molar-refractivity contribution in [2.24, 2.45) is 5.92 Å². The van der Waals surface area contributed by atoms with Gasteiger partial charge in [-0.15, -0.1) is 0 Å². The van der Waals surface area contributed by atoms with Crippen LogP contribution in [0, 0.1) is 10.6 Å². The van der Waals surface area contributed by atoms with E-state index in [9.17, 15) is 0 Å². The second-order valence-corrected chi connectivity index (χ2v) is 7.01. The molecule has 21 heavy (non-hydrogen) atoms. The first-order valence-electron chi connectivity index (χ1n) is 8.42. The van der Waals surface area contributed by atoms with Crippen molar-refractivity contribution < 1.29 is 4.74 Å². The SMILES string of the molecule is COC(c1nc(=S)cc(C2CCCC2)[nH]1)C1CCCCC1. The van der Waals surface area contributed by atoms with Crippen LogP contribution in [-0.2, 0) is 4.74 Å². The molecule has 116 valence electrons. The van der Waals surface area contributed by atoms with Crippen LogP contribution in [0.15, 0.2) is 6.07 Å². The van der Waals surface area contributed by atoms with Crippen molar-refractivity contribution in [3.8, 4) is 0 Å². The third-order valence-corrected chi connectivity index (χ3v) is 5.39. The van der Waals surface area contributed by atoms with Gasteiger partial charge in [0.2, 0.25) is 0 Å². The second-order valence-electron chi connectivity index (χ2n) is 6.60. The Balaban J connectivity index is 1.86. The Kier molecular flexibility index (Phi) is 5.07. The molecule has 0 radical (unpaired) electrons. The van der Waals surface area contributed by atoms with Gasteiger partial charge in [-0.25, -0.2) is 4.98 Å². The van der Waals surface area contributed by atoms with E-state index < -0.39 is 0 Å². The van der Waals surface area contributed by atoms with Crippen LogP contribution in [-0.4, -0.2) is 17.1 Å². The molecule has 0 bridgehead atoms. The number of rotatable bonds is 4. The average molecular weight is 306 g/mol. The first-order valence-corrected chi connectivity index (χ1v) is 8.82. The highest BCUT2D eigenvalue weighted by Crippen LogP contribution is 2.37. The van der Waals surface area contributed by atoms with Crippen molar-refractivity contribution in [3.63, 3.8) is 0 Å². The van der Waals surface area contributed by atoms with Crippen molar-refractivity contribution >= 4 is 12.2 Å². The van der Waals surface area contributed by atoms with E-state index in [4.69, 9.17) is 17.0 Å². The molecule has 0 aliphatic heterocycles. The van der Waals surface area contributed by atoms with Crippen molar-refractivity contribution in [2.75, 3.05) is 7.11 Å². The Hall–Kier alpha value is -0.740. The molecule has 0 saturated heterocycles. The molecule has 1 aromatic rings. The van der Waals surface area contributed by atoms with Gasteiger partial charge in [0.25, 0.3) is 0 Å². The van der Waals surface area contributed by atoms with Crippen LogP contribution >= 0.6 is 12.2 Å². The lowest BCUT2D eigenvalue weighted by Crippen LogP contribution is -2.21. The Morgan fingerprint density at radius 3 is 2.48 bits per heavy atom. The predicted octanol–water partition coefficient (Wildman–Crippen LogP) is 5.06. The van der Waals surface area contributed by atoms with Gasteiger partial charge in [-0.3, -0.25) is 0 Å². The summed E-state index contributed by atoms with van der Waals surface area (Å²) in [6, 6.07) is 2.06. The van der Waals surface area contributed by atoms with Gasteiger partial charge in [0.15, 0.2) is 0 Å². The van der Waals surface area contributed by atoms with E-state index in [0.29, 0.717) is 16.5 Å². The zero-order chi connectivity index (χ0) is 14.7. The molecule has 3 rings (SSSR count). The Labute approximate surface area is 132 Å². The summed E-state index contributed by atoms with van der Waals surface area (Å²) in [6.07, 6.45) is 11.8. The van der Waals surface area contributed by atoms with E-state index in [-0.39, 0.29) is 6.10 Å². The highest BCUT2D eigenvalue weighted by molar-refractivity contribution is 7.71. The minimum atomic E-state index is 0.0772. The number of H-pyrrole nitrogens is 1. The molecule has 0 spiro atoms. The monoisotopic (exact) mass is 306 g/mol. The van der Waals surface area contributed by atoms with E-state index >= 15 is 0 Å². The molecule has 1 atom stereocenters. The smallest absolute Gasteiger partial charge is 0.137 e. The number of hydrogen-bond acceptors (Lipinski definition) is 3. The van der Waals surface area contributed by atoms with Gasteiger partial charge in [-0.05, 0) is 43.6 Å². The number of aromatic nitrogens is 2. The van der Waals surface area contributed by atoms with Crippen LogP contribution in [0.4, 0.5) is 0 Å². The van der Waals surface area contributed by atoms with Gasteiger partial charge >= 0.3 is 0 Å². The largest absolute Gasteiger partial charge is 0.373 e. The molecule has 1 unspecified atom stereocenters. The Bertz CT molecular complexity index is 516. The van der Waals surface area contributed by atoms with Crippen LogP contribution in [0.1, 0.15) is 81.3 Å². The summed E-state index contributed by atoms with van der Waals surface area (Å²) in [7, 11) is 1.81. The Morgan fingerprint density at radius 1 is 1.14 bits per heavy atom.